The first-order valence-corrected chi connectivity index (χ1v) is 9.56. The Morgan fingerprint density at radius 3 is 2.52 bits per heavy atom. The van der Waals surface area contributed by atoms with E-state index in [0.717, 1.165) is 12.1 Å². The molecule has 9 heteroatoms. The van der Waals surface area contributed by atoms with Gasteiger partial charge >= 0.3 is 0 Å². The number of fused-ring (bicyclic) bond motifs is 1. The van der Waals surface area contributed by atoms with Gasteiger partial charge in [-0.2, -0.15) is 0 Å². The van der Waals surface area contributed by atoms with Crippen LogP contribution in [0.5, 0.6) is 5.75 Å². The number of benzene rings is 2. The number of hydrogen-bond acceptors (Lipinski definition) is 4. The van der Waals surface area contributed by atoms with E-state index in [9.17, 15) is 22.0 Å². The Labute approximate surface area is 155 Å². The largest absolute Gasteiger partial charge is 0.484 e. The van der Waals surface area contributed by atoms with Crippen LogP contribution in [0.25, 0.3) is 0 Å². The summed E-state index contributed by atoms with van der Waals surface area (Å²) in [5, 5.41) is 0. The minimum atomic E-state index is -4.17. The number of carbonyl (C=O) groups excluding carboxylic acids is 1. The normalized spacial score (nSPS) is 15.7. The highest BCUT2D eigenvalue weighted by Gasteiger charge is 2.34. The number of rotatable bonds is 3. The van der Waals surface area contributed by atoms with Gasteiger partial charge in [0.1, 0.15) is 23.0 Å². The van der Waals surface area contributed by atoms with Crippen molar-refractivity contribution in [2.45, 2.75) is 31.3 Å². The quantitative estimate of drug-likeness (QED) is 0.864. The average molecular weight is 396 g/mol. The third-order valence-corrected chi connectivity index (χ3v) is 5.38. The molecule has 144 valence electrons. The summed E-state index contributed by atoms with van der Waals surface area (Å²) in [4.78, 5) is 13.2. The van der Waals surface area contributed by atoms with Crippen molar-refractivity contribution in [2.75, 3.05) is 16.2 Å². The highest BCUT2D eigenvalue weighted by Crippen LogP contribution is 2.38. The second-order valence-corrected chi connectivity index (χ2v) is 8.51. The summed E-state index contributed by atoms with van der Waals surface area (Å²) in [5.74, 6) is -1.75. The lowest BCUT2D eigenvalue weighted by Crippen LogP contribution is -2.48. The molecule has 2 aromatic carbocycles. The monoisotopic (exact) mass is 396 g/mol. The molecule has 1 heterocycles. The number of hydrogen-bond donors (Lipinski definition) is 1. The van der Waals surface area contributed by atoms with E-state index in [1.165, 1.54) is 30.0 Å². The molecule has 0 aromatic heterocycles. The summed E-state index contributed by atoms with van der Waals surface area (Å²) < 4.78 is 59.9. The molecular formula is C18H18F2N2O4S. The molecule has 2 aromatic rings. The maximum atomic E-state index is 13.8. The molecule has 27 heavy (non-hydrogen) atoms. The summed E-state index contributed by atoms with van der Waals surface area (Å²) in [5.41, 5.74) is -0.701. The topological polar surface area (TPSA) is 75.7 Å². The van der Waals surface area contributed by atoms with Crippen LogP contribution in [-0.4, -0.2) is 26.5 Å². The third kappa shape index (κ3) is 3.87. The van der Waals surface area contributed by atoms with Crippen molar-refractivity contribution in [3.63, 3.8) is 0 Å². The fourth-order valence-electron chi connectivity index (χ4n) is 2.81. The van der Waals surface area contributed by atoms with Crippen LogP contribution in [0.2, 0.25) is 0 Å². The van der Waals surface area contributed by atoms with E-state index in [4.69, 9.17) is 4.74 Å². The van der Waals surface area contributed by atoms with Gasteiger partial charge in [-0.05, 0) is 44.2 Å². The molecule has 0 aliphatic carbocycles. The molecule has 3 rings (SSSR count). The molecule has 1 aliphatic heterocycles. The van der Waals surface area contributed by atoms with Gasteiger partial charge < -0.3 is 9.64 Å². The van der Waals surface area contributed by atoms with Gasteiger partial charge in [0.25, 0.3) is 10.0 Å². The van der Waals surface area contributed by atoms with Crippen molar-refractivity contribution in [1.82, 2.24) is 0 Å². The number of anilines is 2. The van der Waals surface area contributed by atoms with Crippen molar-refractivity contribution in [1.29, 1.82) is 0 Å². The lowest BCUT2D eigenvalue weighted by atomic mass is 10.1. The van der Waals surface area contributed by atoms with Crippen molar-refractivity contribution in [2.24, 2.45) is 0 Å². The number of amides is 1. The van der Waals surface area contributed by atoms with E-state index in [2.05, 4.69) is 4.72 Å². The van der Waals surface area contributed by atoms with E-state index in [1.54, 1.807) is 0 Å². The molecule has 0 saturated carbocycles. The summed E-state index contributed by atoms with van der Waals surface area (Å²) in [6.45, 7) is 5.25. The highest BCUT2D eigenvalue weighted by molar-refractivity contribution is 7.92. The van der Waals surface area contributed by atoms with E-state index in [1.807, 2.05) is 13.8 Å². The molecule has 1 amide bonds. The SMILES string of the molecule is CC(=O)N1CC(C)(C)Oc2ccc(S(=O)(=O)Nc3ccc(F)cc3F)cc21. The lowest BCUT2D eigenvalue weighted by Gasteiger charge is -2.39. The number of carbonyl (C=O) groups is 1. The second kappa shape index (κ2) is 6.49. The molecule has 0 saturated heterocycles. The lowest BCUT2D eigenvalue weighted by molar-refractivity contribution is -0.117. The fraction of sp³-hybridized carbons (Fsp3) is 0.278. The van der Waals surface area contributed by atoms with Gasteiger partial charge in [-0.15, -0.1) is 0 Å². The van der Waals surface area contributed by atoms with Gasteiger partial charge in [-0.3, -0.25) is 9.52 Å². The van der Waals surface area contributed by atoms with Crippen LogP contribution >= 0.6 is 0 Å². The zero-order valence-corrected chi connectivity index (χ0v) is 15.7. The zero-order chi connectivity index (χ0) is 20.0. The van der Waals surface area contributed by atoms with E-state index in [0.29, 0.717) is 17.5 Å². The number of nitrogens with zero attached hydrogens (tertiary/aromatic N) is 1. The molecule has 1 N–H and O–H groups in total. The summed E-state index contributed by atoms with van der Waals surface area (Å²) in [6, 6.07) is 6.55. The molecule has 6 nitrogen and oxygen atoms in total. The Balaban J connectivity index is 2.00. The molecule has 1 aliphatic rings. The number of halogens is 2. The van der Waals surface area contributed by atoms with Crippen LogP contribution in [-0.2, 0) is 14.8 Å². The average Bonchev–Trinajstić information content (AvgIpc) is 2.55. The van der Waals surface area contributed by atoms with Crippen LogP contribution in [0.15, 0.2) is 41.3 Å². The van der Waals surface area contributed by atoms with E-state index < -0.39 is 27.3 Å². The van der Waals surface area contributed by atoms with E-state index in [-0.39, 0.29) is 23.0 Å². The van der Waals surface area contributed by atoms with Crippen LogP contribution in [0.3, 0.4) is 0 Å². The standard InChI is InChI=1S/C18H18F2N2O4S/c1-11(23)22-10-18(2,3)26-17-7-5-13(9-16(17)22)27(24,25)21-15-6-4-12(19)8-14(15)20/h4-9,21H,10H2,1-3H3. The highest BCUT2D eigenvalue weighted by atomic mass is 32.2. The van der Waals surface area contributed by atoms with E-state index >= 15 is 0 Å². The number of ether oxygens (including phenoxy) is 1. The van der Waals surface area contributed by atoms with Gasteiger partial charge in [0.2, 0.25) is 5.91 Å². The first-order valence-electron chi connectivity index (χ1n) is 8.07. The number of nitrogens with one attached hydrogen (secondary N) is 1. The van der Waals surface area contributed by atoms with Gasteiger partial charge in [-0.1, -0.05) is 0 Å². The Hall–Kier alpha value is -2.68. The third-order valence-electron chi connectivity index (χ3n) is 4.01. The maximum Gasteiger partial charge on any atom is 0.262 e. The van der Waals surface area contributed by atoms with Gasteiger partial charge in [0, 0.05) is 13.0 Å². The molecule has 0 radical (unpaired) electrons. The molecule has 0 spiro atoms. The summed E-state index contributed by atoms with van der Waals surface area (Å²) in [6.07, 6.45) is 0. The summed E-state index contributed by atoms with van der Waals surface area (Å²) in [7, 11) is -4.17. The minimum absolute atomic E-state index is 0.181. The summed E-state index contributed by atoms with van der Waals surface area (Å²) >= 11 is 0. The predicted molar refractivity (Wildman–Crippen MR) is 96.3 cm³/mol. The van der Waals surface area contributed by atoms with Crippen molar-refractivity contribution in [3.05, 3.63) is 48.0 Å². The molecule has 0 unspecified atom stereocenters. The first-order chi connectivity index (χ1) is 12.5. The van der Waals surface area contributed by atoms with Crippen LogP contribution in [0.1, 0.15) is 20.8 Å². The Kier molecular flexibility index (Phi) is 4.59. The van der Waals surface area contributed by atoms with Crippen molar-refractivity contribution >= 4 is 27.3 Å². The molecule has 0 bridgehead atoms. The molecule has 0 atom stereocenters. The molecule has 0 fully saturated rings. The van der Waals surface area contributed by atoms with Crippen LogP contribution < -0.4 is 14.4 Å². The van der Waals surface area contributed by atoms with Crippen LogP contribution in [0.4, 0.5) is 20.2 Å². The van der Waals surface area contributed by atoms with Gasteiger partial charge in [0.05, 0.1) is 22.8 Å². The maximum absolute atomic E-state index is 13.8. The number of sulfonamides is 1. The van der Waals surface area contributed by atoms with Crippen molar-refractivity contribution in [3.8, 4) is 5.75 Å². The Bertz CT molecular complexity index is 1020. The smallest absolute Gasteiger partial charge is 0.262 e. The van der Waals surface area contributed by atoms with Crippen molar-refractivity contribution < 1.29 is 26.7 Å². The second-order valence-electron chi connectivity index (χ2n) is 6.83. The zero-order valence-electron chi connectivity index (χ0n) is 14.9. The Morgan fingerprint density at radius 2 is 1.89 bits per heavy atom. The first kappa shape index (κ1) is 19.1. The Morgan fingerprint density at radius 1 is 1.19 bits per heavy atom. The van der Waals surface area contributed by atoms with Gasteiger partial charge in [-0.25, -0.2) is 17.2 Å². The van der Waals surface area contributed by atoms with Gasteiger partial charge in [0.15, 0.2) is 0 Å². The molecular weight excluding hydrogens is 378 g/mol. The predicted octanol–water partition coefficient (Wildman–Crippen LogP) is 3.29. The minimum Gasteiger partial charge on any atom is -0.484 e. The van der Waals surface area contributed by atoms with Crippen LogP contribution in [0, 0.1) is 11.6 Å². The fourth-order valence-corrected chi connectivity index (χ4v) is 3.90.